The van der Waals surface area contributed by atoms with E-state index < -0.39 is 47.8 Å². The zero-order valence-electron chi connectivity index (χ0n) is 24.7. The Hall–Kier alpha value is -3.27. The van der Waals surface area contributed by atoms with E-state index in [2.05, 4.69) is 27.6 Å². The summed E-state index contributed by atoms with van der Waals surface area (Å²) in [6, 6.07) is -2.67. The van der Waals surface area contributed by atoms with Crippen LogP contribution in [0.2, 0.25) is 0 Å². The van der Waals surface area contributed by atoms with Gasteiger partial charge in [-0.3, -0.25) is 24.2 Å². The first-order chi connectivity index (χ1) is 21.5. The molecule has 1 N–H and O–H groups in total. The molecule has 7 rings (SSSR count). The summed E-state index contributed by atoms with van der Waals surface area (Å²) in [4.78, 5) is 51.7. The number of aromatic nitrogens is 3. The highest BCUT2D eigenvalue weighted by Gasteiger charge is 2.57. The highest BCUT2D eigenvalue weighted by Crippen LogP contribution is 2.42. The van der Waals surface area contributed by atoms with E-state index in [-0.39, 0.29) is 31.2 Å². The van der Waals surface area contributed by atoms with Gasteiger partial charge in [-0.15, -0.1) is 0 Å². The molecule has 2 saturated heterocycles. The number of amides is 3. The maximum absolute atomic E-state index is 14.3. The smallest absolute Gasteiger partial charge is 0.285 e. The van der Waals surface area contributed by atoms with Gasteiger partial charge in [-0.05, 0) is 42.3 Å². The van der Waals surface area contributed by atoms with Crippen LogP contribution in [0.3, 0.4) is 0 Å². The molecule has 16 heteroatoms. The summed E-state index contributed by atoms with van der Waals surface area (Å²) in [7, 11) is 0. The topological polar surface area (TPSA) is 128 Å². The van der Waals surface area contributed by atoms with Crippen LogP contribution in [0.4, 0.5) is 13.9 Å². The number of β-lactam (4-membered cyclic amide) rings is 1. The third-order valence-corrected chi connectivity index (χ3v) is 10.8. The fourth-order valence-electron chi connectivity index (χ4n) is 7.08. The number of nitrogens with zero attached hydrogens (tertiary/aromatic N) is 7. The van der Waals surface area contributed by atoms with E-state index in [4.69, 9.17) is 16.2 Å². The summed E-state index contributed by atoms with van der Waals surface area (Å²) in [5.41, 5.74) is 3.57. The maximum Gasteiger partial charge on any atom is 0.285 e. The van der Waals surface area contributed by atoms with Crippen molar-refractivity contribution in [1.29, 1.82) is 0 Å². The molecule has 4 aliphatic heterocycles. The molecule has 4 unspecified atom stereocenters. The number of hydrogen-bond donors (Lipinski definition) is 1. The van der Waals surface area contributed by atoms with E-state index in [1.807, 2.05) is 6.92 Å². The van der Waals surface area contributed by atoms with E-state index in [0.29, 0.717) is 28.2 Å². The number of imide groups is 1. The second-order valence-corrected chi connectivity index (χ2v) is 14.0. The van der Waals surface area contributed by atoms with E-state index in [0.717, 1.165) is 30.6 Å². The van der Waals surface area contributed by atoms with Crippen molar-refractivity contribution in [3.05, 3.63) is 45.8 Å². The number of likely N-dealkylation sites (tertiary alicyclic amines) is 2. The Labute approximate surface area is 267 Å². The van der Waals surface area contributed by atoms with Gasteiger partial charge in [0, 0.05) is 18.9 Å². The van der Waals surface area contributed by atoms with Gasteiger partial charge in [0.05, 0.1) is 35.1 Å². The molecule has 5 aliphatic rings. The Morgan fingerprint density at radius 3 is 2.64 bits per heavy atom. The van der Waals surface area contributed by atoms with Crippen LogP contribution in [0.1, 0.15) is 66.6 Å². The van der Waals surface area contributed by atoms with Gasteiger partial charge in [-0.25, -0.2) is 28.8 Å². The molecule has 0 aromatic carbocycles. The van der Waals surface area contributed by atoms with Crippen LogP contribution >= 0.6 is 22.9 Å². The van der Waals surface area contributed by atoms with Crippen molar-refractivity contribution < 1.29 is 27.8 Å². The third kappa shape index (κ3) is 5.36. The number of halogens is 3. The Balaban J connectivity index is 1.19. The molecule has 1 saturated carbocycles. The molecule has 1 aliphatic carbocycles. The van der Waals surface area contributed by atoms with Crippen molar-refractivity contribution in [2.45, 2.75) is 76.0 Å². The second kappa shape index (κ2) is 11.5. The van der Waals surface area contributed by atoms with Crippen molar-refractivity contribution in [2.75, 3.05) is 24.6 Å². The van der Waals surface area contributed by atoms with Crippen LogP contribution in [0.25, 0.3) is 0 Å². The Morgan fingerprint density at radius 1 is 1.18 bits per heavy atom. The van der Waals surface area contributed by atoms with E-state index in [1.54, 1.807) is 34.3 Å². The molecule has 12 nitrogen and oxygen atoms in total. The van der Waals surface area contributed by atoms with Crippen LogP contribution in [0.15, 0.2) is 34.2 Å². The van der Waals surface area contributed by atoms with Crippen molar-refractivity contribution in [3.63, 3.8) is 0 Å². The van der Waals surface area contributed by atoms with Crippen molar-refractivity contribution in [3.8, 4) is 0 Å². The zero-order chi connectivity index (χ0) is 31.6. The number of fused-ring (bicyclic) bond motifs is 3. The average molecular weight is 663 g/mol. The molecule has 45 heavy (non-hydrogen) atoms. The van der Waals surface area contributed by atoms with Gasteiger partial charge in [-0.2, -0.15) is 0 Å². The standard InChI is InChI=1S/C29H33ClF2N8O4S/c1-3-18-22(36-44-35-18)26(42)39-24(16-6-4-15(2)5-7-16)23(27(39)43)34-40-25(41)19-9-8-17(30)11-38(19)20(21-10-33-28(40)45-21)12-37-13-29(31,32)14-37/h8-11,15-16,19-20,23-24,34H,3-7,12-14H2,1-2H3. The molecule has 240 valence electrons. The Bertz CT molecular complexity index is 1560. The Kier molecular flexibility index (Phi) is 7.77. The molecule has 0 radical (unpaired) electrons. The van der Waals surface area contributed by atoms with Crippen molar-refractivity contribution in [1.82, 2.24) is 35.4 Å². The van der Waals surface area contributed by atoms with Crippen LogP contribution in [0, 0.1) is 11.8 Å². The zero-order valence-corrected chi connectivity index (χ0v) is 26.3. The minimum absolute atomic E-state index is 0.0167. The van der Waals surface area contributed by atoms with Gasteiger partial charge in [0.25, 0.3) is 23.6 Å². The van der Waals surface area contributed by atoms with Gasteiger partial charge in [-0.1, -0.05) is 60.9 Å². The lowest BCUT2D eigenvalue weighted by Gasteiger charge is -2.51. The number of allylic oxidation sites excluding steroid dienone is 2. The first kappa shape index (κ1) is 30.4. The fraction of sp³-hybridized carbons (Fsp3) is 0.586. The SMILES string of the molecule is CCc1nonc1C(=O)N1C(=O)C(NN2C(=O)C3C=CC(Cl)=CN3C(CN3CC(F)(F)C3)c3cnc2s3)C1C1CCC(C)CC1. The van der Waals surface area contributed by atoms with Gasteiger partial charge in [0.2, 0.25) is 5.13 Å². The van der Waals surface area contributed by atoms with Crippen molar-refractivity contribution in [2.24, 2.45) is 11.8 Å². The van der Waals surface area contributed by atoms with E-state index >= 15 is 0 Å². The average Bonchev–Trinajstić information content (AvgIpc) is 3.68. The number of hydrogen-bond acceptors (Lipinski definition) is 11. The summed E-state index contributed by atoms with van der Waals surface area (Å²) in [5, 5.41) is 9.64. The minimum atomic E-state index is -2.73. The Morgan fingerprint density at radius 2 is 1.93 bits per heavy atom. The first-order valence-electron chi connectivity index (χ1n) is 15.2. The number of rotatable bonds is 7. The molecule has 2 bridgehead atoms. The predicted molar refractivity (Wildman–Crippen MR) is 159 cm³/mol. The third-order valence-electron chi connectivity index (χ3n) is 9.50. The van der Waals surface area contributed by atoms with Crippen molar-refractivity contribution >= 4 is 45.8 Å². The monoisotopic (exact) mass is 662 g/mol. The molecule has 4 atom stereocenters. The van der Waals surface area contributed by atoms with E-state index in [1.165, 1.54) is 21.2 Å². The summed E-state index contributed by atoms with van der Waals surface area (Å²) in [6.45, 7) is 3.57. The van der Waals surface area contributed by atoms with Crippen LogP contribution in [-0.2, 0) is 16.0 Å². The number of alkyl halides is 2. The van der Waals surface area contributed by atoms with Gasteiger partial charge < -0.3 is 4.90 Å². The molecular weight excluding hydrogens is 630 g/mol. The minimum Gasteiger partial charge on any atom is -0.352 e. The van der Waals surface area contributed by atoms with Crippen LogP contribution < -0.4 is 10.4 Å². The fourth-order valence-corrected chi connectivity index (χ4v) is 8.25. The van der Waals surface area contributed by atoms with Crippen LogP contribution in [-0.4, -0.2) is 91.4 Å². The van der Waals surface area contributed by atoms with E-state index in [9.17, 15) is 23.2 Å². The van der Waals surface area contributed by atoms with Gasteiger partial charge in [0.15, 0.2) is 5.69 Å². The maximum atomic E-state index is 14.3. The number of anilines is 1. The quantitative estimate of drug-likeness (QED) is 0.348. The lowest BCUT2D eigenvalue weighted by atomic mass is 9.73. The molecule has 2 aromatic heterocycles. The highest BCUT2D eigenvalue weighted by atomic mass is 35.5. The number of hydrazine groups is 1. The number of thiazole rings is 1. The molecule has 3 fully saturated rings. The van der Waals surface area contributed by atoms with Crippen LogP contribution in [0.5, 0.6) is 0 Å². The normalized spacial score (nSPS) is 31.1. The predicted octanol–water partition coefficient (Wildman–Crippen LogP) is 3.50. The molecule has 2 aromatic rings. The largest absolute Gasteiger partial charge is 0.352 e. The lowest BCUT2D eigenvalue weighted by Crippen LogP contribution is -2.76. The number of nitrogens with one attached hydrogen (secondary N) is 1. The summed E-state index contributed by atoms with van der Waals surface area (Å²) in [5.74, 6) is -3.61. The summed E-state index contributed by atoms with van der Waals surface area (Å²) >= 11 is 7.62. The number of carbonyl (C=O) groups is 3. The van der Waals surface area contributed by atoms with Gasteiger partial charge >= 0.3 is 0 Å². The van der Waals surface area contributed by atoms with Gasteiger partial charge in [0.1, 0.15) is 17.8 Å². The highest BCUT2D eigenvalue weighted by molar-refractivity contribution is 7.15. The lowest BCUT2D eigenvalue weighted by molar-refractivity contribution is -0.150. The molecule has 6 heterocycles. The summed E-state index contributed by atoms with van der Waals surface area (Å²) in [6.07, 6.45) is 10.6. The molecule has 3 amide bonds. The summed E-state index contributed by atoms with van der Waals surface area (Å²) < 4.78 is 32.2. The molecular formula is C29H33ClF2N8O4S. The first-order valence-corrected chi connectivity index (χ1v) is 16.4. The second-order valence-electron chi connectivity index (χ2n) is 12.6. The number of aryl methyl sites for hydroxylation is 1. The molecule has 0 spiro atoms. The number of carbonyl (C=O) groups excluding carboxylic acids is 3.